The van der Waals surface area contributed by atoms with Gasteiger partial charge in [0.25, 0.3) is 5.91 Å². The first-order valence-electron chi connectivity index (χ1n) is 12.4. The number of hydrogen-bond donors (Lipinski definition) is 0. The Morgan fingerprint density at radius 1 is 0.946 bits per heavy atom. The maximum atomic E-state index is 14.2. The molecule has 1 aliphatic heterocycles. The van der Waals surface area contributed by atoms with Gasteiger partial charge in [-0.15, -0.1) is 0 Å². The lowest BCUT2D eigenvalue weighted by Crippen LogP contribution is -2.47. The van der Waals surface area contributed by atoms with Gasteiger partial charge < -0.3 is 9.47 Å². The van der Waals surface area contributed by atoms with Crippen LogP contribution >= 0.6 is 15.9 Å². The minimum atomic E-state index is -0.466. The number of rotatable bonds is 7. The van der Waals surface area contributed by atoms with E-state index in [9.17, 15) is 14.0 Å². The van der Waals surface area contributed by atoms with E-state index in [1.54, 1.807) is 34.1 Å². The zero-order chi connectivity index (χ0) is 25.9. The van der Waals surface area contributed by atoms with Crippen LogP contribution in [0.3, 0.4) is 0 Å². The Hall–Kier alpha value is -3.71. The number of carbonyl (C=O) groups excluding carboxylic acids is 2. The summed E-state index contributed by atoms with van der Waals surface area (Å²) in [4.78, 5) is 31.0. The number of para-hydroxylation sites is 2. The Morgan fingerprint density at radius 2 is 1.70 bits per heavy atom. The van der Waals surface area contributed by atoms with E-state index in [1.807, 2.05) is 54.7 Å². The van der Waals surface area contributed by atoms with Crippen LogP contribution in [0.25, 0.3) is 5.69 Å². The number of nitrogens with zero attached hydrogens (tertiary/aromatic N) is 3. The molecule has 188 valence electrons. The minimum absolute atomic E-state index is 0.0713. The Labute approximate surface area is 224 Å². The van der Waals surface area contributed by atoms with Crippen LogP contribution < -0.4 is 4.90 Å². The van der Waals surface area contributed by atoms with Gasteiger partial charge in [-0.1, -0.05) is 59.6 Å². The number of aromatic nitrogens is 1. The molecule has 0 saturated heterocycles. The van der Waals surface area contributed by atoms with Crippen molar-refractivity contribution in [1.82, 2.24) is 9.47 Å². The van der Waals surface area contributed by atoms with Crippen LogP contribution in [-0.4, -0.2) is 34.4 Å². The second-order valence-electron chi connectivity index (χ2n) is 9.10. The van der Waals surface area contributed by atoms with Crippen LogP contribution in [-0.2, 0) is 4.79 Å². The second kappa shape index (κ2) is 10.7. The van der Waals surface area contributed by atoms with E-state index < -0.39 is 6.04 Å². The molecule has 1 unspecified atom stereocenters. The summed E-state index contributed by atoms with van der Waals surface area (Å²) in [7, 11) is 0. The maximum Gasteiger partial charge on any atom is 0.254 e. The molecule has 0 radical (unpaired) electrons. The topological polar surface area (TPSA) is 45.6 Å². The number of halogens is 2. The first-order chi connectivity index (χ1) is 18.0. The third-order valence-corrected chi connectivity index (χ3v) is 7.13. The highest BCUT2D eigenvalue weighted by Gasteiger charge is 2.37. The van der Waals surface area contributed by atoms with E-state index in [0.717, 1.165) is 39.9 Å². The molecule has 4 aromatic rings. The molecule has 0 spiro atoms. The minimum Gasteiger partial charge on any atom is -0.329 e. The smallest absolute Gasteiger partial charge is 0.254 e. The molecule has 1 atom stereocenters. The predicted octanol–water partition coefficient (Wildman–Crippen LogP) is 6.76. The highest BCUT2D eigenvalue weighted by molar-refractivity contribution is 9.10. The van der Waals surface area contributed by atoms with Gasteiger partial charge in [0.15, 0.2) is 0 Å². The summed E-state index contributed by atoms with van der Waals surface area (Å²) in [6.07, 6.45) is 3.65. The molecule has 7 heteroatoms. The van der Waals surface area contributed by atoms with E-state index in [4.69, 9.17) is 0 Å². The lowest BCUT2D eigenvalue weighted by Gasteiger charge is -2.39. The molecule has 1 aromatic heterocycles. The molecule has 2 heterocycles. The fraction of sp³-hybridized carbons (Fsp3) is 0.200. The number of unbranched alkanes of at least 4 members (excludes halogenated alkanes) is 1. The number of carbonyl (C=O) groups is 2. The lowest BCUT2D eigenvalue weighted by atomic mass is 9.97. The molecule has 0 N–H and O–H groups in total. The van der Waals surface area contributed by atoms with Crippen LogP contribution in [0.2, 0.25) is 0 Å². The van der Waals surface area contributed by atoms with Crippen LogP contribution in [0.1, 0.15) is 47.4 Å². The summed E-state index contributed by atoms with van der Waals surface area (Å²) >= 11 is 3.44. The SMILES string of the molecule is CCCCN(CC(=O)N1c2ccccc2-n2cccc2C1c1ccc(F)cc1)C(=O)c1cccc(Br)c1. The molecule has 5 nitrogen and oxygen atoms in total. The third kappa shape index (κ3) is 4.96. The largest absolute Gasteiger partial charge is 0.329 e. The highest BCUT2D eigenvalue weighted by atomic mass is 79.9. The summed E-state index contributed by atoms with van der Waals surface area (Å²) in [6, 6.07) is 24.7. The molecule has 2 amide bonds. The van der Waals surface area contributed by atoms with Crippen molar-refractivity contribution in [3.63, 3.8) is 0 Å². The number of fused-ring (bicyclic) bond motifs is 3. The molecule has 37 heavy (non-hydrogen) atoms. The van der Waals surface area contributed by atoms with Crippen molar-refractivity contribution in [2.45, 2.75) is 25.8 Å². The molecule has 0 saturated carbocycles. The van der Waals surface area contributed by atoms with Crippen molar-refractivity contribution in [1.29, 1.82) is 0 Å². The summed E-state index contributed by atoms with van der Waals surface area (Å²) in [5.41, 5.74) is 3.85. The van der Waals surface area contributed by atoms with E-state index in [2.05, 4.69) is 27.4 Å². The first-order valence-corrected chi connectivity index (χ1v) is 13.2. The predicted molar refractivity (Wildman–Crippen MR) is 146 cm³/mol. The van der Waals surface area contributed by atoms with Gasteiger partial charge in [-0.3, -0.25) is 14.5 Å². The standard InChI is InChI=1S/C30H27BrFN3O2/c1-2-3-17-33(30(37)22-8-6-9-23(31)19-22)20-28(36)35-26-11-5-4-10-25(26)34-18-7-12-27(34)29(35)21-13-15-24(32)16-14-21/h4-16,18-19,29H,2-3,17,20H2,1H3. The summed E-state index contributed by atoms with van der Waals surface area (Å²) in [5.74, 6) is -0.720. The molecule has 1 aliphatic rings. The Morgan fingerprint density at radius 3 is 2.43 bits per heavy atom. The molecule has 0 aliphatic carbocycles. The third-order valence-electron chi connectivity index (χ3n) is 6.64. The van der Waals surface area contributed by atoms with E-state index >= 15 is 0 Å². The fourth-order valence-corrected chi connectivity index (χ4v) is 5.27. The van der Waals surface area contributed by atoms with Crippen molar-refractivity contribution >= 4 is 33.4 Å². The Bertz CT molecular complexity index is 1430. The van der Waals surface area contributed by atoms with Crippen LogP contribution in [0.15, 0.2) is 95.6 Å². The first kappa shape index (κ1) is 25.0. The van der Waals surface area contributed by atoms with Crippen LogP contribution in [0, 0.1) is 5.82 Å². The normalized spacial score (nSPS) is 14.1. The quantitative estimate of drug-likeness (QED) is 0.251. The van der Waals surface area contributed by atoms with Crippen molar-refractivity contribution in [2.75, 3.05) is 18.0 Å². The zero-order valence-electron chi connectivity index (χ0n) is 20.5. The molecular weight excluding hydrogens is 533 g/mol. The number of benzene rings is 3. The average molecular weight is 560 g/mol. The fourth-order valence-electron chi connectivity index (χ4n) is 4.87. The van der Waals surface area contributed by atoms with Crippen molar-refractivity contribution in [3.8, 4) is 5.69 Å². The van der Waals surface area contributed by atoms with E-state index in [0.29, 0.717) is 12.1 Å². The zero-order valence-corrected chi connectivity index (χ0v) is 22.1. The number of amides is 2. The number of hydrogen-bond acceptors (Lipinski definition) is 2. The monoisotopic (exact) mass is 559 g/mol. The van der Waals surface area contributed by atoms with Gasteiger partial charge in [0.05, 0.1) is 17.1 Å². The Balaban J connectivity index is 1.55. The summed E-state index contributed by atoms with van der Waals surface area (Å²) in [6.45, 7) is 2.46. The van der Waals surface area contributed by atoms with Crippen LogP contribution in [0.5, 0.6) is 0 Å². The lowest BCUT2D eigenvalue weighted by molar-refractivity contribution is -0.119. The maximum absolute atomic E-state index is 14.2. The number of anilines is 1. The average Bonchev–Trinajstić information content (AvgIpc) is 3.40. The van der Waals surface area contributed by atoms with Gasteiger partial charge >= 0.3 is 0 Å². The van der Waals surface area contributed by atoms with Gasteiger partial charge in [-0.25, -0.2) is 4.39 Å². The molecule has 0 bridgehead atoms. The van der Waals surface area contributed by atoms with Gasteiger partial charge in [0, 0.05) is 22.8 Å². The van der Waals surface area contributed by atoms with Crippen LogP contribution in [0.4, 0.5) is 10.1 Å². The van der Waals surface area contributed by atoms with Gasteiger partial charge in [-0.05, 0) is 66.6 Å². The van der Waals surface area contributed by atoms with Gasteiger partial charge in [-0.2, -0.15) is 0 Å². The second-order valence-corrected chi connectivity index (χ2v) is 10.0. The molecular formula is C30H27BrFN3O2. The van der Waals surface area contributed by atoms with E-state index in [1.165, 1.54) is 12.1 Å². The van der Waals surface area contributed by atoms with Crippen molar-refractivity contribution in [3.05, 3.63) is 118 Å². The summed E-state index contributed by atoms with van der Waals surface area (Å²) in [5, 5.41) is 0. The highest BCUT2D eigenvalue weighted by Crippen LogP contribution is 2.42. The summed E-state index contributed by atoms with van der Waals surface area (Å²) < 4.78 is 16.7. The van der Waals surface area contributed by atoms with E-state index in [-0.39, 0.29) is 24.2 Å². The Kier molecular flexibility index (Phi) is 7.24. The van der Waals surface area contributed by atoms with Crippen molar-refractivity contribution in [2.24, 2.45) is 0 Å². The molecule has 5 rings (SSSR count). The van der Waals surface area contributed by atoms with Gasteiger partial charge in [0.2, 0.25) is 5.91 Å². The van der Waals surface area contributed by atoms with Gasteiger partial charge in [0.1, 0.15) is 18.4 Å². The molecule has 0 fully saturated rings. The molecule has 3 aromatic carbocycles. The van der Waals surface area contributed by atoms with Crippen molar-refractivity contribution < 1.29 is 14.0 Å².